The first kappa shape index (κ1) is 12.6. The lowest BCUT2D eigenvalue weighted by molar-refractivity contribution is 0.0519. The third kappa shape index (κ3) is 2.67. The van der Waals surface area contributed by atoms with E-state index in [1.54, 1.807) is 25.3 Å². The monoisotopic (exact) mass is 264 g/mol. The number of H-pyrrole nitrogens is 1. The van der Waals surface area contributed by atoms with Crippen molar-refractivity contribution in [3.8, 4) is 11.4 Å². The number of rotatable bonds is 4. The van der Waals surface area contributed by atoms with E-state index in [0.29, 0.717) is 28.8 Å². The third-order valence-corrected chi connectivity index (χ3v) is 2.71. The van der Waals surface area contributed by atoms with Crippen LogP contribution < -0.4 is 0 Å². The average Bonchev–Trinajstić information content (AvgIpc) is 2.89. The Morgan fingerprint density at radius 3 is 3.06 bits per heavy atom. The van der Waals surface area contributed by atoms with Gasteiger partial charge in [-0.3, -0.25) is 5.10 Å². The second-order valence-corrected chi connectivity index (χ2v) is 4.09. The Labute approximate surface area is 108 Å². The first-order chi connectivity index (χ1) is 8.74. The summed E-state index contributed by atoms with van der Waals surface area (Å²) in [6.45, 7) is 2.08. The molecule has 94 valence electrons. The van der Waals surface area contributed by atoms with E-state index in [-0.39, 0.29) is 0 Å². The number of aromatic amines is 1. The topological polar surface area (TPSA) is 80.8 Å². The molecule has 0 fully saturated rings. The molecule has 0 aromatic carbocycles. The van der Waals surface area contributed by atoms with Gasteiger partial charge < -0.3 is 4.74 Å². The van der Waals surface area contributed by atoms with Gasteiger partial charge in [0.25, 0.3) is 0 Å². The lowest BCUT2D eigenvalue weighted by Gasteiger charge is -1.97. The third-order valence-electron chi connectivity index (χ3n) is 2.15. The summed E-state index contributed by atoms with van der Waals surface area (Å²) in [6.07, 6.45) is 3.56. The van der Waals surface area contributed by atoms with E-state index in [2.05, 4.69) is 20.2 Å². The molecule has 0 aliphatic carbocycles. The van der Waals surface area contributed by atoms with E-state index >= 15 is 0 Å². The Hall–Kier alpha value is -1.89. The highest BCUT2D eigenvalue weighted by atomic mass is 32.2. The molecule has 0 radical (unpaired) electrons. The number of hydrogen-bond donors (Lipinski definition) is 1. The van der Waals surface area contributed by atoms with Crippen LogP contribution in [-0.2, 0) is 4.74 Å². The minimum Gasteiger partial charge on any atom is -0.461 e. The molecule has 2 aromatic rings. The van der Waals surface area contributed by atoms with E-state index in [4.69, 9.17) is 4.74 Å². The molecule has 0 amide bonds. The molecule has 0 aliphatic rings. The number of nitrogens with zero attached hydrogens (tertiary/aromatic N) is 3. The van der Waals surface area contributed by atoms with Gasteiger partial charge in [-0.1, -0.05) is 11.8 Å². The molecule has 0 atom stereocenters. The van der Waals surface area contributed by atoms with E-state index in [0.717, 1.165) is 0 Å². The zero-order valence-corrected chi connectivity index (χ0v) is 10.8. The normalized spacial score (nSPS) is 10.3. The molecule has 0 saturated heterocycles. The molecule has 0 spiro atoms. The number of nitrogens with one attached hydrogen (secondary N) is 1. The highest BCUT2D eigenvalue weighted by Crippen LogP contribution is 2.17. The summed E-state index contributed by atoms with van der Waals surface area (Å²) in [5, 5.41) is 7.33. The van der Waals surface area contributed by atoms with Crippen LogP contribution in [0.2, 0.25) is 0 Å². The Balaban J connectivity index is 2.26. The van der Waals surface area contributed by atoms with Crippen LogP contribution >= 0.6 is 11.8 Å². The summed E-state index contributed by atoms with van der Waals surface area (Å²) in [6, 6.07) is 3.36. The summed E-state index contributed by atoms with van der Waals surface area (Å²) < 4.78 is 4.87. The molecule has 18 heavy (non-hydrogen) atoms. The first-order valence-corrected chi connectivity index (χ1v) is 6.57. The first-order valence-electron chi connectivity index (χ1n) is 5.34. The van der Waals surface area contributed by atoms with Crippen molar-refractivity contribution in [1.82, 2.24) is 20.2 Å². The predicted octanol–water partition coefficient (Wildman–Crippen LogP) is 1.77. The van der Waals surface area contributed by atoms with Crippen molar-refractivity contribution >= 4 is 17.7 Å². The number of esters is 1. The molecule has 0 unspecified atom stereocenters. The van der Waals surface area contributed by atoms with Gasteiger partial charge in [-0.05, 0) is 19.2 Å². The standard InChI is InChI=1S/C11H12N4O2S/c1-3-17-10(16)9-6-8(14-15-9)7-4-5-12-11(13-7)18-2/h4-6H,3H2,1-2H3,(H,14,15). The molecule has 2 aromatic heterocycles. The van der Waals surface area contributed by atoms with Crippen molar-refractivity contribution in [2.45, 2.75) is 12.1 Å². The van der Waals surface area contributed by atoms with Gasteiger partial charge in [-0.2, -0.15) is 5.10 Å². The van der Waals surface area contributed by atoms with Crippen LogP contribution in [0.3, 0.4) is 0 Å². The van der Waals surface area contributed by atoms with Crippen LogP contribution in [0.25, 0.3) is 11.4 Å². The zero-order valence-electron chi connectivity index (χ0n) is 10.0. The second kappa shape index (κ2) is 5.63. The van der Waals surface area contributed by atoms with Gasteiger partial charge in [0.05, 0.1) is 12.3 Å². The number of thioether (sulfide) groups is 1. The van der Waals surface area contributed by atoms with Crippen LogP contribution in [0, 0.1) is 0 Å². The molecule has 0 bridgehead atoms. The summed E-state index contributed by atoms with van der Waals surface area (Å²) in [4.78, 5) is 19.9. The van der Waals surface area contributed by atoms with Crippen LogP contribution in [0.5, 0.6) is 0 Å². The van der Waals surface area contributed by atoms with Gasteiger partial charge in [0.2, 0.25) is 0 Å². The summed E-state index contributed by atoms with van der Waals surface area (Å²) >= 11 is 1.45. The Morgan fingerprint density at radius 2 is 2.33 bits per heavy atom. The molecule has 7 heteroatoms. The minimum atomic E-state index is -0.421. The maximum absolute atomic E-state index is 11.5. The van der Waals surface area contributed by atoms with Crippen molar-refractivity contribution < 1.29 is 9.53 Å². The highest BCUT2D eigenvalue weighted by molar-refractivity contribution is 7.98. The Morgan fingerprint density at radius 1 is 1.50 bits per heavy atom. The molecule has 2 heterocycles. The average molecular weight is 264 g/mol. The fourth-order valence-corrected chi connectivity index (χ4v) is 1.70. The molecule has 1 N–H and O–H groups in total. The van der Waals surface area contributed by atoms with Crippen LogP contribution in [-0.4, -0.2) is 39.0 Å². The fraction of sp³-hybridized carbons (Fsp3) is 0.273. The van der Waals surface area contributed by atoms with Gasteiger partial charge in [-0.15, -0.1) is 0 Å². The maximum Gasteiger partial charge on any atom is 0.356 e. The molecular formula is C11H12N4O2S. The Bertz CT molecular complexity index is 555. The van der Waals surface area contributed by atoms with Crippen molar-refractivity contribution in [3.63, 3.8) is 0 Å². The predicted molar refractivity (Wildman–Crippen MR) is 67.4 cm³/mol. The highest BCUT2D eigenvalue weighted by Gasteiger charge is 2.12. The Kier molecular flexibility index (Phi) is 3.93. The van der Waals surface area contributed by atoms with Gasteiger partial charge in [0.15, 0.2) is 5.16 Å². The number of hydrogen-bond acceptors (Lipinski definition) is 6. The second-order valence-electron chi connectivity index (χ2n) is 3.32. The number of aromatic nitrogens is 4. The number of carbonyl (C=O) groups excluding carboxylic acids is 1. The van der Waals surface area contributed by atoms with Crippen LogP contribution in [0.1, 0.15) is 17.4 Å². The quantitative estimate of drug-likeness (QED) is 0.515. The van der Waals surface area contributed by atoms with Gasteiger partial charge in [0.1, 0.15) is 11.4 Å². The number of ether oxygens (including phenoxy) is 1. The largest absolute Gasteiger partial charge is 0.461 e. The SMILES string of the molecule is CCOC(=O)c1cc(-c2ccnc(SC)n2)n[nH]1. The lowest BCUT2D eigenvalue weighted by atomic mass is 10.3. The smallest absolute Gasteiger partial charge is 0.356 e. The van der Waals surface area contributed by atoms with Crippen molar-refractivity contribution in [2.24, 2.45) is 0 Å². The van der Waals surface area contributed by atoms with E-state index in [9.17, 15) is 4.79 Å². The summed E-state index contributed by atoms with van der Waals surface area (Å²) in [7, 11) is 0. The van der Waals surface area contributed by atoms with Gasteiger partial charge in [0, 0.05) is 12.3 Å². The molecule has 0 saturated carbocycles. The van der Waals surface area contributed by atoms with Gasteiger partial charge >= 0.3 is 5.97 Å². The van der Waals surface area contributed by atoms with Crippen molar-refractivity contribution in [2.75, 3.05) is 12.9 Å². The van der Waals surface area contributed by atoms with Crippen LogP contribution in [0.15, 0.2) is 23.5 Å². The maximum atomic E-state index is 11.5. The minimum absolute atomic E-state index is 0.316. The molecule has 6 nitrogen and oxygen atoms in total. The lowest BCUT2D eigenvalue weighted by Crippen LogP contribution is -2.04. The number of carbonyl (C=O) groups is 1. The molecular weight excluding hydrogens is 252 g/mol. The van der Waals surface area contributed by atoms with E-state index in [1.807, 2.05) is 6.26 Å². The van der Waals surface area contributed by atoms with Crippen molar-refractivity contribution in [3.05, 3.63) is 24.0 Å². The summed E-state index contributed by atoms with van der Waals surface area (Å²) in [5.41, 5.74) is 1.58. The molecule has 0 aliphatic heterocycles. The fourth-order valence-electron chi connectivity index (χ4n) is 1.35. The van der Waals surface area contributed by atoms with Crippen molar-refractivity contribution in [1.29, 1.82) is 0 Å². The van der Waals surface area contributed by atoms with Gasteiger partial charge in [-0.25, -0.2) is 14.8 Å². The summed E-state index contributed by atoms with van der Waals surface area (Å²) in [5.74, 6) is -0.421. The zero-order chi connectivity index (χ0) is 13.0. The van der Waals surface area contributed by atoms with E-state index in [1.165, 1.54) is 11.8 Å². The molecule has 2 rings (SSSR count). The van der Waals surface area contributed by atoms with Crippen LogP contribution in [0.4, 0.5) is 0 Å². The van der Waals surface area contributed by atoms with E-state index < -0.39 is 5.97 Å².